The van der Waals surface area contributed by atoms with Crippen molar-refractivity contribution in [3.8, 4) is 28.4 Å². The molecule has 8 nitrogen and oxygen atoms in total. The van der Waals surface area contributed by atoms with E-state index in [1.807, 2.05) is 54.6 Å². The van der Waals surface area contributed by atoms with Gasteiger partial charge in [0.25, 0.3) is 0 Å². The first-order valence-corrected chi connectivity index (χ1v) is 11.1. The van der Waals surface area contributed by atoms with E-state index in [0.29, 0.717) is 29.4 Å². The minimum atomic E-state index is -1.03. The van der Waals surface area contributed by atoms with Crippen molar-refractivity contribution in [2.24, 2.45) is 0 Å². The molecule has 0 saturated heterocycles. The summed E-state index contributed by atoms with van der Waals surface area (Å²) in [5.74, 6) is 0.699. The highest BCUT2D eigenvalue weighted by atomic mass is 32.1. The van der Waals surface area contributed by atoms with Gasteiger partial charge in [-0.25, -0.2) is 4.79 Å². The van der Waals surface area contributed by atoms with Crippen molar-refractivity contribution in [1.29, 1.82) is 0 Å². The van der Waals surface area contributed by atoms with Gasteiger partial charge in [-0.3, -0.25) is 0 Å². The van der Waals surface area contributed by atoms with Crippen molar-refractivity contribution in [3.63, 3.8) is 0 Å². The summed E-state index contributed by atoms with van der Waals surface area (Å²) in [4.78, 5) is 12.7. The number of rotatable bonds is 7. The molecule has 0 saturated carbocycles. The molecule has 5 aromatic rings. The summed E-state index contributed by atoms with van der Waals surface area (Å²) in [5, 5.41) is 11.1. The van der Waals surface area contributed by atoms with Crippen molar-refractivity contribution in [1.82, 2.24) is 13.3 Å². The highest BCUT2D eigenvalue weighted by Gasteiger charge is 2.26. The van der Waals surface area contributed by atoms with Gasteiger partial charge in [0.05, 0.1) is 38.6 Å². The number of benzene rings is 3. The number of methoxy groups -OCH3 is 3. The van der Waals surface area contributed by atoms with Crippen LogP contribution in [0.15, 0.2) is 54.6 Å². The summed E-state index contributed by atoms with van der Waals surface area (Å²) in [6.07, 6.45) is 0. The molecule has 34 heavy (non-hydrogen) atoms. The molecule has 2 heterocycles. The van der Waals surface area contributed by atoms with Crippen molar-refractivity contribution < 1.29 is 24.1 Å². The monoisotopic (exact) mass is 475 g/mol. The Kier molecular flexibility index (Phi) is 5.54. The summed E-state index contributed by atoms with van der Waals surface area (Å²) in [6.45, 7) is 0.331. The lowest BCUT2D eigenvalue weighted by Crippen LogP contribution is -2.10. The normalized spacial score (nSPS) is 11.1. The largest absolute Gasteiger partial charge is 0.497 e. The first-order chi connectivity index (χ1) is 16.5. The molecule has 0 radical (unpaired) electrons. The smallest absolute Gasteiger partial charge is 0.353 e. The van der Waals surface area contributed by atoms with Gasteiger partial charge in [-0.05, 0) is 41.5 Å². The van der Waals surface area contributed by atoms with Gasteiger partial charge in [-0.15, -0.1) is 0 Å². The predicted molar refractivity (Wildman–Crippen MR) is 131 cm³/mol. The number of aromatic carboxylic acids is 1. The predicted octanol–water partition coefficient (Wildman–Crippen LogP) is 5.09. The van der Waals surface area contributed by atoms with E-state index in [0.717, 1.165) is 44.8 Å². The Labute approximate surface area is 199 Å². The van der Waals surface area contributed by atoms with Gasteiger partial charge >= 0.3 is 5.97 Å². The number of carboxylic acids is 1. The summed E-state index contributed by atoms with van der Waals surface area (Å²) < 4.78 is 26.7. The van der Waals surface area contributed by atoms with Gasteiger partial charge in [0.2, 0.25) is 0 Å². The Bertz CT molecular complexity index is 1520. The molecule has 0 atom stereocenters. The van der Waals surface area contributed by atoms with Crippen LogP contribution in [0.1, 0.15) is 16.1 Å². The van der Waals surface area contributed by atoms with Crippen LogP contribution in [0, 0.1) is 0 Å². The molecule has 3 aromatic carbocycles. The minimum absolute atomic E-state index is 0.173. The van der Waals surface area contributed by atoms with E-state index >= 15 is 0 Å². The van der Waals surface area contributed by atoms with E-state index in [1.165, 1.54) is 0 Å². The van der Waals surface area contributed by atoms with Gasteiger partial charge in [-0.2, -0.15) is 8.75 Å². The van der Waals surface area contributed by atoms with Gasteiger partial charge in [0.1, 0.15) is 22.5 Å². The Hall–Kier alpha value is -4.11. The van der Waals surface area contributed by atoms with E-state index < -0.39 is 5.97 Å². The van der Waals surface area contributed by atoms with Crippen LogP contribution in [0.3, 0.4) is 0 Å². The van der Waals surface area contributed by atoms with E-state index in [4.69, 9.17) is 14.2 Å². The molecule has 9 heteroatoms. The second kappa shape index (κ2) is 8.68. The lowest BCUT2D eigenvalue weighted by molar-refractivity contribution is 0.0687. The Morgan fingerprint density at radius 3 is 2.29 bits per heavy atom. The maximum Gasteiger partial charge on any atom is 0.353 e. The fourth-order valence-electron chi connectivity index (χ4n) is 4.22. The number of nitrogens with zero attached hydrogens (tertiary/aromatic N) is 3. The van der Waals surface area contributed by atoms with Crippen molar-refractivity contribution >= 4 is 39.6 Å². The Balaban J connectivity index is 1.79. The Morgan fingerprint density at radius 1 is 0.912 bits per heavy atom. The molecule has 0 spiro atoms. The number of carboxylic acid groups (broad SMARTS) is 1. The first kappa shape index (κ1) is 21.7. The van der Waals surface area contributed by atoms with Crippen LogP contribution in [0.25, 0.3) is 33.1 Å². The maximum absolute atomic E-state index is 12.7. The van der Waals surface area contributed by atoms with Crippen molar-refractivity contribution in [2.45, 2.75) is 6.54 Å². The number of aromatic nitrogens is 3. The molecule has 0 bridgehead atoms. The van der Waals surface area contributed by atoms with Crippen LogP contribution < -0.4 is 14.2 Å². The van der Waals surface area contributed by atoms with Gasteiger partial charge < -0.3 is 23.9 Å². The highest BCUT2D eigenvalue weighted by molar-refractivity contribution is 7.00. The second-order valence-electron chi connectivity index (χ2n) is 7.66. The van der Waals surface area contributed by atoms with Crippen molar-refractivity contribution in [3.05, 3.63) is 65.9 Å². The molecule has 172 valence electrons. The molecule has 1 N–H and O–H groups in total. The van der Waals surface area contributed by atoms with Crippen LogP contribution >= 0.6 is 11.7 Å². The number of hydrogen-bond donors (Lipinski definition) is 1. The van der Waals surface area contributed by atoms with E-state index in [9.17, 15) is 9.90 Å². The molecule has 0 aliphatic carbocycles. The topological polar surface area (TPSA) is 95.7 Å². The first-order valence-electron chi connectivity index (χ1n) is 10.4. The average Bonchev–Trinajstić information content (AvgIpc) is 3.45. The van der Waals surface area contributed by atoms with Crippen LogP contribution in [0.5, 0.6) is 17.2 Å². The van der Waals surface area contributed by atoms with Gasteiger partial charge in [-0.1, -0.05) is 18.2 Å². The molecule has 0 fully saturated rings. The fourth-order valence-corrected chi connectivity index (χ4v) is 4.74. The summed E-state index contributed by atoms with van der Waals surface area (Å²) in [6, 6.07) is 16.7. The molecular formula is C25H21N3O5S. The molecular weight excluding hydrogens is 454 g/mol. The molecule has 0 aliphatic heterocycles. The standard InChI is InChI=1S/C25H21N3O5S/c1-31-16-7-5-15(6-8-16)23-17-11-21(32-2)22(33-3)12-20(17)28(24(23)25(29)30)13-14-4-9-18-19(10-14)27-34-26-18/h4-12H,13H2,1-3H3,(H,29,30). The van der Waals surface area contributed by atoms with E-state index in [-0.39, 0.29) is 5.69 Å². The maximum atomic E-state index is 12.7. The third-order valence-corrected chi connectivity index (χ3v) is 6.37. The van der Waals surface area contributed by atoms with E-state index in [2.05, 4.69) is 8.75 Å². The lowest BCUT2D eigenvalue weighted by atomic mass is 10.0. The lowest BCUT2D eigenvalue weighted by Gasteiger charge is -2.11. The number of fused-ring (bicyclic) bond motifs is 2. The molecule has 2 aromatic heterocycles. The summed E-state index contributed by atoms with van der Waals surface area (Å²) >= 11 is 1.15. The fraction of sp³-hybridized carbons (Fsp3) is 0.160. The molecule has 5 rings (SSSR count). The molecule has 0 amide bonds. The van der Waals surface area contributed by atoms with E-state index in [1.54, 1.807) is 25.9 Å². The van der Waals surface area contributed by atoms with Gasteiger partial charge in [0.15, 0.2) is 11.5 Å². The third-order valence-electron chi connectivity index (χ3n) is 5.81. The summed E-state index contributed by atoms with van der Waals surface area (Å²) in [7, 11) is 4.71. The minimum Gasteiger partial charge on any atom is -0.497 e. The Morgan fingerprint density at radius 2 is 1.62 bits per heavy atom. The zero-order valence-corrected chi connectivity index (χ0v) is 19.5. The van der Waals surface area contributed by atoms with Crippen molar-refractivity contribution in [2.75, 3.05) is 21.3 Å². The number of carbonyl (C=O) groups is 1. The SMILES string of the molecule is COc1ccc(-c2c(C(=O)O)n(Cc3ccc4nsnc4c3)c3cc(OC)c(OC)cc23)cc1. The van der Waals surface area contributed by atoms with Crippen LogP contribution in [0.2, 0.25) is 0 Å². The van der Waals surface area contributed by atoms with Crippen LogP contribution in [-0.2, 0) is 6.54 Å². The zero-order chi connectivity index (χ0) is 23.8. The molecule has 0 unspecified atom stereocenters. The summed E-state index contributed by atoms with van der Waals surface area (Å²) in [5.41, 5.74) is 4.76. The second-order valence-corrected chi connectivity index (χ2v) is 8.18. The quantitative estimate of drug-likeness (QED) is 0.350. The van der Waals surface area contributed by atoms with Gasteiger partial charge in [0, 0.05) is 23.6 Å². The third kappa shape index (κ3) is 3.60. The number of hydrogen-bond acceptors (Lipinski definition) is 7. The highest BCUT2D eigenvalue weighted by Crippen LogP contribution is 2.41. The molecule has 0 aliphatic rings. The average molecular weight is 476 g/mol. The zero-order valence-electron chi connectivity index (χ0n) is 18.7. The van der Waals surface area contributed by atoms with Crippen LogP contribution in [-0.4, -0.2) is 45.7 Å². The van der Waals surface area contributed by atoms with Crippen LogP contribution in [0.4, 0.5) is 0 Å². The number of ether oxygens (including phenoxy) is 3.